The van der Waals surface area contributed by atoms with Crippen LogP contribution in [0.4, 0.5) is 0 Å². The molecule has 2 atom stereocenters. The van der Waals surface area contributed by atoms with E-state index in [4.69, 9.17) is 10.5 Å². The summed E-state index contributed by atoms with van der Waals surface area (Å²) in [6.07, 6.45) is 2.82. The molecule has 0 aliphatic carbocycles. The van der Waals surface area contributed by atoms with Crippen LogP contribution in [0.2, 0.25) is 0 Å². The minimum atomic E-state index is -0.960. The Hall–Kier alpha value is -1.39. The van der Waals surface area contributed by atoms with Crippen LogP contribution in [0.3, 0.4) is 0 Å². The van der Waals surface area contributed by atoms with Gasteiger partial charge in [-0.25, -0.2) is 0 Å². The molecule has 4 nitrogen and oxygen atoms in total. The molecule has 3 heterocycles. The predicted octanol–water partition coefficient (Wildman–Crippen LogP) is 2.61. The number of carbonyl (C=O) groups is 1. The third-order valence-electron chi connectivity index (χ3n) is 5.44. The van der Waals surface area contributed by atoms with Crippen LogP contribution in [-0.4, -0.2) is 41.6 Å². The summed E-state index contributed by atoms with van der Waals surface area (Å²) in [5.41, 5.74) is 6.46. The largest absolute Gasteiger partial charge is 0.459 e. The minimum Gasteiger partial charge on any atom is -0.459 e. The molecular weight excluding hydrogens is 300 g/mol. The molecule has 3 aliphatic heterocycles. The van der Waals surface area contributed by atoms with E-state index in [1.54, 1.807) is 0 Å². The Bertz CT molecular complexity index is 573. The minimum absolute atomic E-state index is 0.162. The van der Waals surface area contributed by atoms with Gasteiger partial charge in [0.1, 0.15) is 11.1 Å². The molecular formula is C20H30N2O2. The molecule has 24 heavy (non-hydrogen) atoms. The number of carbonyl (C=O) groups excluding carboxylic acids is 1. The number of hydrogen-bond acceptors (Lipinski definition) is 4. The number of esters is 1. The molecule has 3 aliphatic rings. The maximum atomic E-state index is 13.1. The Labute approximate surface area is 145 Å². The summed E-state index contributed by atoms with van der Waals surface area (Å²) in [5, 5.41) is 0. The van der Waals surface area contributed by atoms with Gasteiger partial charge in [-0.15, -0.1) is 0 Å². The highest BCUT2D eigenvalue weighted by atomic mass is 16.6. The van der Waals surface area contributed by atoms with Crippen LogP contribution in [0.25, 0.3) is 0 Å². The Balaban J connectivity index is 1.89. The first-order valence-corrected chi connectivity index (χ1v) is 9.06. The molecule has 132 valence electrons. The van der Waals surface area contributed by atoms with Crippen LogP contribution in [0.5, 0.6) is 0 Å². The van der Waals surface area contributed by atoms with Gasteiger partial charge < -0.3 is 15.4 Å². The van der Waals surface area contributed by atoms with Crippen molar-refractivity contribution in [3.63, 3.8) is 0 Å². The molecule has 1 unspecified atom stereocenters. The van der Waals surface area contributed by atoms with Gasteiger partial charge in [-0.05, 0) is 58.2 Å². The molecule has 4 heteroatoms. The first kappa shape index (κ1) is 17.4. The topological polar surface area (TPSA) is 55.6 Å². The van der Waals surface area contributed by atoms with Crippen LogP contribution in [0.15, 0.2) is 30.3 Å². The van der Waals surface area contributed by atoms with Crippen molar-refractivity contribution in [1.82, 2.24) is 4.90 Å². The van der Waals surface area contributed by atoms with Crippen LogP contribution in [-0.2, 0) is 16.0 Å². The van der Waals surface area contributed by atoms with E-state index in [-0.39, 0.29) is 11.9 Å². The Morgan fingerprint density at radius 2 is 1.83 bits per heavy atom. The van der Waals surface area contributed by atoms with Crippen molar-refractivity contribution >= 4 is 5.97 Å². The number of fused-ring (bicyclic) bond motifs is 3. The summed E-state index contributed by atoms with van der Waals surface area (Å²) in [6, 6.07) is 10.1. The molecule has 2 bridgehead atoms. The second-order valence-corrected chi connectivity index (χ2v) is 8.45. The average Bonchev–Trinajstić information content (AvgIpc) is 2.55. The lowest BCUT2D eigenvalue weighted by molar-refractivity contribution is -0.167. The van der Waals surface area contributed by atoms with Gasteiger partial charge in [0.25, 0.3) is 0 Å². The van der Waals surface area contributed by atoms with Gasteiger partial charge >= 0.3 is 5.97 Å². The highest BCUT2D eigenvalue weighted by Crippen LogP contribution is 2.40. The molecule has 1 aromatic carbocycles. The standard InChI is InChI=1S/C20H30N2O2/c1-19(2,3)24-18(23)20(21,13-15-7-5-4-6-8-15)17-14-22-11-9-16(17)10-12-22/h4-8,16-17H,9-14,21H2,1-3H3/t17?,20-/m1/s1. The highest BCUT2D eigenvalue weighted by Gasteiger charge is 2.51. The van der Waals surface area contributed by atoms with Crippen molar-refractivity contribution in [3.8, 4) is 0 Å². The number of nitrogens with zero attached hydrogens (tertiary/aromatic N) is 1. The Morgan fingerprint density at radius 1 is 1.21 bits per heavy atom. The van der Waals surface area contributed by atoms with Crippen LogP contribution >= 0.6 is 0 Å². The summed E-state index contributed by atoms with van der Waals surface area (Å²) in [5.74, 6) is 0.434. The molecule has 0 saturated carbocycles. The zero-order valence-electron chi connectivity index (χ0n) is 15.1. The van der Waals surface area contributed by atoms with Gasteiger partial charge in [0, 0.05) is 18.9 Å². The van der Waals surface area contributed by atoms with Crippen molar-refractivity contribution in [2.75, 3.05) is 19.6 Å². The van der Waals surface area contributed by atoms with Gasteiger partial charge in [-0.2, -0.15) is 0 Å². The fraction of sp³-hybridized carbons (Fsp3) is 0.650. The number of nitrogens with two attached hydrogens (primary N) is 1. The summed E-state index contributed by atoms with van der Waals surface area (Å²) in [7, 11) is 0. The summed E-state index contributed by atoms with van der Waals surface area (Å²) in [4.78, 5) is 15.5. The van der Waals surface area contributed by atoms with Crippen molar-refractivity contribution in [1.29, 1.82) is 0 Å². The van der Waals surface area contributed by atoms with E-state index in [9.17, 15) is 4.79 Å². The van der Waals surface area contributed by atoms with Gasteiger partial charge in [-0.1, -0.05) is 30.3 Å². The quantitative estimate of drug-likeness (QED) is 0.862. The molecule has 0 aromatic heterocycles. The summed E-state index contributed by atoms with van der Waals surface area (Å²) >= 11 is 0. The molecule has 1 aromatic rings. The number of hydrogen-bond donors (Lipinski definition) is 1. The molecule has 3 saturated heterocycles. The summed E-state index contributed by atoms with van der Waals surface area (Å²) in [6.45, 7) is 8.90. The first-order valence-electron chi connectivity index (χ1n) is 9.06. The average molecular weight is 330 g/mol. The Kier molecular flexibility index (Phi) is 4.71. The van der Waals surface area contributed by atoms with Gasteiger partial charge in [-0.3, -0.25) is 4.79 Å². The normalized spacial score (nSPS) is 29.1. The van der Waals surface area contributed by atoms with Gasteiger partial charge in [0.15, 0.2) is 0 Å². The van der Waals surface area contributed by atoms with E-state index in [0.717, 1.165) is 38.0 Å². The van der Waals surface area contributed by atoms with Crippen molar-refractivity contribution < 1.29 is 9.53 Å². The maximum Gasteiger partial charge on any atom is 0.327 e. The molecule has 4 rings (SSSR count). The SMILES string of the molecule is CC(C)(C)OC(=O)[C@@](N)(Cc1ccccc1)C1CN2CCC1CC2. The molecule has 0 radical (unpaired) electrons. The molecule has 2 N–H and O–H groups in total. The fourth-order valence-corrected chi connectivity index (χ4v) is 4.21. The van der Waals surface area contributed by atoms with Gasteiger partial charge in [0.05, 0.1) is 0 Å². The number of rotatable bonds is 4. The number of piperidine rings is 3. The fourth-order valence-electron chi connectivity index (χ4n) is 4.21. The van der Waals surface area contributed by atoms with E-state index < -0.39 is 11.1 Å². The zero-order chi connectivity index (χ0) is 17.4. The summed E-state index contributed by atoms with van der Waals surface area (Å²) < 4.78 is 5.75. The third-order valence-corrected chi connectivity index (χ3v) is 5.44. The second-order valence-electron chi connectivity index (χ2n) is 8.45. The lowest BCUT2D eigenvalue weighted by atomic mass is 9.67. The van der Waals surface area contributed by atoms with Crippen molar-refractivity contribution in [2.24, 2.45) is 17.6 Å². The number of ether oxygens (including phenoxy) is 1. The monoisotopic (exact) mass is 330 g/mol. The maximum absolute atomic E-state index is 13.1. The van der Waals surface area contributed by atoms with Crippen LogP contribution < -0.4 is 5.73 Å². The predicted molar refractivity (Wildman–Crippen MR) is 95.6 cm³/mol. The molecule has 0 amide bonds. The van der Waals surface area contributed by atoms with E-state index in [0.29, 0.717) is 12.3 Å². The van der Waals surface area contributed by atoms with Crippen LogP contribution in [0, 0.1) is 11.8 Å². The highest BCUT2D eigenvalue weighted by molar-refractivity contribution is 5.82. The lowest BCUT2D eigenvalue weighted by Gasteiger charge is -2.51. The van der Waals surface area contributed by atoms with Crippen molar-refractivity contribution in [3.05, 3.63) is 35.9 Å². The van der Waals surface area contributed by atoms with Crippen LogP contribution in [0.1, 0.15) is 39.2 Å². The zero-order valence-corrected chi connectivity index (χ0v) is 15.1. The second kappa shape index (κ2) is 6.49. The van der Waals surface area contributed by atoms with E-state index in [2.05, 4.69) is 4.90 Å². The smallest absolute Gasteiger partial charge is 0.327 e. The number of benzene rings is 1. The Morgan fingerprint density at radius 3 is 2.33 bits per heavy atom. The van der Waals surface area contributed by atoms with E-state index in [1.807, 2.05) is 51.1 Å². The first-order chi connectivity index (χ1) is 11.3. The van der Waals surface area contributed by atoms with E-state index >= 15 is 0 Å². The molecule has 0 spiro atoms. The lowest BCUT2D eigenvalue weighted by Crippen LogP contribution is -2.65. The van der Waals surface area contributed by atoms with Crippen molar-refractivity contribution in [2.45, 2.75) is 51.2 Å². The molecule has 3 fully saturated rings. The third kappa shape index (κ3) is 3.65. The van der Waals surface area contributed by atoms with Gasteiger partial charge in [0.2, 0.25) is 0 Å². The van der Waals surface area contributed by atoms with E-state index in [1.165, 1.54) is 0 Å².